The van der Waals surface area contributed by atoms with E-state index >= 15 is 0 Å². The Morgan fingerprint density at radius 1 is 1.00 bits per heavy atom. The lowest BCUT2D eigenvalue weighted by molar-refractivity contribution is 0.804. The van der Waals surface area contributed by atoms with Crippen LogP contribution in [-0.4, -0.2) is 14.8 Å². The molecule has 22 heavy (non-hydrogen) atoms. The summed E-state index contributed by atoms with van der Waals surface area (Å²) in [6.45, 7) is 9.49. The molecule has 0 unspecified atom stereocenters. The first-order valence-electron chi connectivity index (χ1n) is 7.31. The van der Waals surface area contributed by atoms with Crippen molar-refractivity contribution in [1.82, 2.24) is 14.8 Å². The van der Waals surface area contributed by atoms with E-state index in [-0.39, 0.29) is 0 Å². The molecule has 0 atom stereocenters. The Hall–Kier alpha value is -2.93. The van der Waals surface area contributed by atoms with Crippen LogP contribution in [0.1, 0.15) is 19.2 Å². The molecule has 4 heteroatoms. The number of hydrogen-bond acceptors (Lipinski definition) is 2. The quantitative estimate of drug-likeness (QED) is 0.665. The third-order valence-electron chi connectivity index (χ3n) is 3.48. The molecule has 2 aromatic carbocycles. The maximum absolute atomic E-state index is 7.36. The standard InChI is InChI=1S/C18H16N4/c1-3-9-17-20-21-18(15-12-7-8-13-16(15)19-2)22(17)14-10-5-4-6-11-14/h4-8,10-13H,3,9H2,1H3. The highest BCUT2D eigenvalue weighted by Crippen LogP contribution is 2.31. The van der Waals surface area contributed by atoms with Crippen LogP contribution in [0.25, 0.3) is 21.9 Å². The molecule has 0 saturated heterocycles. The normalized spacial score (nSPS) is 10.4. The number of aromatic nitrogens is 3. The monoisotopic (exact) mass is 288 g/mol. The third-order valence-corrected chi connectivity index (χ3v) is 3.48. The summed E-state index contributed by atoms with van der Waals surface area (Å²) in [5.41, 5.74) is 2.43. The van der Waals surface area contributed by atoms with E-state index in [9.17, 15) is 0 Å². The van der Waals surface area contributed by atoms with Crippen molar-refractivity contribution in [2.75, 3.05) is 0 Å². The Morgan fingerprint density at radius 2 is 1.73 bits per heavy atom. The lowest BCUT2D eigenvalue weighted by Gasteiger charge is -2.11. The first-order valence-corrected chi connectivity index (χ1v) is 7.31. The SMILES string of the molecule is [C-]#[N+]c1ccccc1-c1nnc(CCC)n1-c1ccccc1. The molecule has 1 aromatic heterocycles. The van der Waals surface area contributed by atoms with Gasteiger partial charge < -0.3 is 0 Å². The summed E-state index contributed by atoms with van der Waals surface area (Å²) in [5.74, 6) is 1.64. The van der Waals surface area contributed by atoms with E-state index in [4.69, 9.17) is 6.57 Å². The van der Waals surface area contributed by atoms with E-state index in [1.54, 1.807) is 0 Å². The number of para-hydroxylation sites is 2. The van der Waals surface area contributed by atoms with Crippen LogP contribution in [0.4, 0.5) is 5.69 Å². The van der Waals surface area contributed by atoms with Crippen molar-refractivity contribution in [3.63, 3.8) is 0 Å². The van der Waals surface area contributed by atoms with Crippen LogP contribution < -0.4 is 0 Å². The van der Waals surface area contributed by atoms with Gasteiger partial charge in [-0.2, -0.15) is 0 Å². The van der Waals surface area contributed by atoms with Gasteiger partial charge >= 0.3 is 0 Å². The topological polar surface area (TPSA) is 35.1 Å². The number of rotatable bonds is 4. The Balaban J connectivity index is 2.23. The van der Waals surface area contributed by atoms with Crippen LogP contribution in [0, 0.1) is 6.57 Å². The molecule has 0 fully saturated rings. The molecule has 0 aliphatic carbocycles. The fourth-order valence-electron chi connectivity index (χ4n) is 2.49. The van der Waals surface area contributed by atoms with E-state index in [0.29, 0.717) is 5.69 Å². The molecule has 0 aliphatic heterocycles. The van der Waals surface area contributed by atoms with Crippen molar-refractivity contribution in [2.24, 2.45) is 0 Å². The Labute approximate surface area is 129 Å². The maximum atomic E-state index is 7.36. The average Bonchev–Trinajstić information content (AvgIpc) is 2.99. The molecule has 108 valence electrons. The predicted octanol–water partition coefficient (Wildman–Crippen LogP) is 4.44. The summed E-state index contributed by atoms with van der Waals surface area (Å²) in [7, 11) is 0. The van der Waals surface area contributed by atoms with E-state index in [1.807, 2.05) is 59.2 Å². The minimum Gasteiger partial charge on any atom is -0.280 e. The Bertz CT molecular complexity index is 813. The smallest absolute Gasteiger partial charge is 0.198 e. The Morgan fingerprint density at radius 3 is 2.45 bits per heavy atom. The highest BCUT2D eigenvalue weighted by Gasteiger charge is 2.17. The zero-order valence-electron chi connectivity index (χ0n) is 12.4. The van der Waals surface area contributed by atoms with E-state index in [1.165, 1.54) is 0 Å². The highest BCUT2D eigenvalue weighted by molar-refractivity contribution is 5.75. The molecular weight excluding hydrogens is 272 g/mol. The summed E-state index contributed by atoms with van der Waals surface area (Å²) < 4.78 is 2.05. The highest BCUT2D eigenvalue weighted by atomic mass is 15.3. The van der Waals surface area contributed by atoms with E-state index < -0.39 is 0 Å². The van der Waals surface area contributed by atoms with Crippen LogP contribution in [0.5, 0.6) is 0 Å². The van der Waals surface area contributed by atoms with Gasteiger partial charge in [0.15, 0.2) is 11.5 Å². The lowest BCUT2D eigenvalue weighted by Crippen LogP contribution is -2.03. The van der Waals surface area contributed by atoms with Crippen LogP contribution in [0.2, 0.25) is 0 Å². The first-order chi connectivity index (χ1) is 10.8. The fraction of sp³-hybridized carbons (Fsp3) is 0.167. The average molecular weight is 288 g/mol. The van der Waals surface area contributed by atoms with Gasteiger partial charge in [-0.1, -0.05) is 49.4 Å². The summed E-state index contributed by atoms with van der Waals surface area (Å²) in [5, 5.41) is 8.70. The molecular formula is C18H16N4. The minimum atomic E-state index is 0.593. The van der Waals surface area contributed by atoms with Gasteiger partial charge in [-0.15, -0.1) is 10.2 Å². The van der Waals surface area contributed by atoms with Gasteiger partial charge in [0.1, 0.15) is 5.82 Å². The van der Waals surface area contributed by atoms with Crippen molar-refractivity contribution in [1.29, 1.82) is 0 Å². The zero-order chi connectivity index (χ0) is 15.4. The fourth-order valence-corrected chi connectivity index (χ4v) is 2.49. The molecule has 4 nitrogen and oxygen atoms in total. The second-order valence-electron chi connectivity index (χ2n) is 4.99. The summed E-state index contributed by atoms with van der Waals surface area (Å²) >= 11 is 0. The number of hydrogen-bond donors (Lipinski definition) is 0. The van der Waals surface area contributed by atoms with Crippen LogP contribution >= 0.6 is 0 Å². The van der Waals surface area contributed by atoms with Gasteiger partial charge in [0, 0.05) is 17.7 Å². The molecule has 0 amide bonds. The van der Waals surface area contributed by atoms with Gasteiger partial charge in [-0.3, -0.25) is 4.57 Å². The molecule has 3 aromatic rings. The Kier molecular flexibility index (Phi) is 3.97. The van der Waals surface area contributed by atoms with Crippen molar-refractivity contribution in [2.45, 2.75) is 19.8 Å². The second-order valence-corrected chi connectivity index (χ2v) is 4.99. The van der Waals surface area contributed by atoms with Gasteiger partial charge in [-0.25, -0.2) is 4.85 Å². The van der Waals surface area contributed by atoms with Crippen molar-refractivity contribution < 1.29 is 0 Å². The molecule has 3 rings (SSSR count). The molecule has 0 N–H and O–H groups in total. The summed E-state index contributed by atoms with van der Waals surface area (Å²) in [6, 6.07) is 17.6. The maximum Gasteiger partial charge on any atom is 0.198 e. The van der Waals surface area contributed by atoms with Gasteiger partial charge in [0.2, 0.25) is 0 Å². The number of nitrogens with zero attached hydrogens (tertiary/aromatic N) is 4. The van der Waals surface area contributed by atoms with Gasteiger partial charge in [0.25, 0.3) is 0 Å². The largest absolute Gasteiger partial charge is 0.280 e. The molecule has 0 aliphatic rings. The van der Waals surface area contributed by atoms with Crippen molar-refractivity contribution in [3.05, 3.63) is 71.8 Å². The number of aryl methyl sites for hydroxylation is 1. The first kappa shape index (κ1) is 14.0. The van der Waals surface area contributed by atoms with Gasteiger partial charge in [-0.05, 0) is 18.6 Å². The summed E-state index contributed by atoms with van der Waals surface area (Å²) in [6.07, 6.45) is 1.84. The molecule has 0 spiro atoms. The second kappa shape index (κ2) is 6.23. The van der Waals surface area contributed by atoms with E-state index in [0.717, 1.165) is 35.7 Å². The van der Waals surface area contributed by atoms with Crippen LogP contribution in [0.3, 0.4) is 0 Å². The van der Waals surface area contributed by atoms with Crippen molar-refractivity contribution >= 4 is 5.69 Å². The summed E-state index contributed by atoms with van der Waals surface area (Å²) in [4.78, 5) is 3.61. The zero-order valence-corrected chi connectivity index (χ0v) is 12.4. The lowest BCUT2D eigenvalue weighted by atomic mass is 10.1. The molecule has 0 saturated carbocycles. The van der Waals surface area contributed by atoms with Gasteiger partial charge in [0.05, 0.1) is 6.57 Å². The minimum absolute atomic E-state index is 0.593. The predicted molar refractivity (Wildman–Crippen MR) is 87.1 cm³/mol. The molecule has 0 bridgehead atoms. The van der Waals surface area contributed by atoms with Crippen LogP contribution in [-0.2, 0) is 6.42 Å². The van der Waals surface area contributed by atoms with Crippen LogP contribution in [0.15, 0.2) is 54.6 Å². The van der Waals surface area contributed by atoms with E-state index in [2.05, 4.69) is 22.0 Å². The molecule has 0 radical (unpaired) electrons. The third kappa shape index (κ3) is 2.49. The number of benzene rings is 2. The van der Waals surface area contributed by atoms with Crippen molar-refractivity contribution in [3.8, 4) is 17.1 Å². The molecule has 1 heterocycles.